The van der Waals surface area contributed by atoms with E-state index >= 15 is 0 Å². The Kier molecular flexibility index (Phi) is 5.12. The van der Waals surface area contributed by atoms with Crippen LogP contribution in [0.1, 0.15) is 21.5 Å². The standard InChI is InChI=1S/C18H21NO2/c1-14-8-4-5-9-15(14)12-19(2)13-17(20)16-10-6-7-11-18(16)21-3/h4-11H,12-13H2,1-3H3. The molecule has 0 atom stereocenters. The molecule has 3 heteroatoms. The quantitative estimate of drug-likeness (QED) is 0.762. The molecule has 3 nitrogen and oxygen atoms in total. The van der Waals surface area contributed by atoms with Crippen molar-refractivity contribution in [3.63, 3.8) is 0 Å². The lowest BCUT2D eigenvalue weighted by Gasteiger charge is -2.18. The number of nitrogens with zero attached hydrogens (tertiary/aromatic N) is 1. The second-order valence-electron chi connectivity index (χ2n) is 5.22. The number of ether oxygens (including phenoxy) is 1. The second kappa shape index (κ2) is 7.04. The average Bonchev–Trinajstić information content (AvgIpc) is 2.49. The molecule has 0 heterocycles. The molecule has 2 rings (SSSR count). The van der Waals surface area contributed by atoms with Crippen molar-refractivity contribution in [1.82, 2.24) is 4.90 Å². The number of para-hydroxylation sites is 1. The highest BCUT2D eigenvalue weighted by molar-refractivity contribution is 6.00. The molecule has 0 saturated carbocycles. The molecule has 0 aromatic heterocycles. The lowest BCUT2D eigenvalue weighted by Crippen LogP contribution is -2.26. The van der Waals surface area contributed by atoms with E-state index in [2.05, 4.69) is 19.1 Å². The van der Waals surface area contributed by atoms with Crippen LogP contribution in [0.4, 0.5) is 0 Å². The van der Waals surface area contributed by atoms with Crippen LogP contribution in [0.15, 0.2) is 48.5 Å². The number of hydrogen-bond donors (Lipinski definition) is 0. The molecule has 0 unspecified atom stereocenters. The van der Waals surface area contributed by atoms with E-state index < -0.39 is 0 Å². The first-order valence-electron chi connectivity index (χ1n) is 7.01. The molecule has 110 valence electrons. The Morgan fingerprint density at radius 3 is 2.48 bits per heavy atom. The predicted molar refractivity (Wildman–Crippen MR) is 84.8 cm³/mol. The highest BCUT2D eigenvalue weighted by atomic mass is 16.5. The lowest BCUT2D eigenvalue weighted by atomic mass is 10.1. The Morgan fingerprint density at radius 1 is 1.10 bits per heavy atom. The summed E-state index contributed by atoms with van der Waals surface area (Å²) in [5.41, 5.74) is 3.12. The van der Waals surface area contributed by atoms with Crippen molar-refractivity contribution in [3.8, 4) is 5.75 Å². The molecular weight excluding hydrogens is 262 g/mol. The van der Waals surface area contributed by atoms with Gasteiger partial charge in [-0.1, -0.05) is 36.4 Å². The van der Waals surface area contributed by atoms with Crippen molar-refractivity contribution in [1.29, 1.82) is 0 Å². The molecule has 0 N–H and O–H groups in total. The molecule has 0 saturated heterocycles. The van der Waals surface area contributed by atoms with Crippen molar-refractivity contribution >= 4 is 5.78 Å². The molecule has 0 aliphatic rings. The fourth-order valence-electron chi connectivity index (χ4n) is 2.34. The predicted octanol–water partition coefficient (Wildman–Crippen LogP) is 3.32. The van der Waals surface area contributed by atoms with E-state index in [-0.39, 0.29) is 5.78 Å². The number of Topliss-reactive ketones (excluding diaryl/α,β-unsaturated/α-hetero) is 1. The van der Waals surface area contributed by atoms with E-state index in [1.54, 1.807) is 7.11 Å². The monoisotopic (exact) mass is 283 g/mol. The van der Waals surface area contributed by atoms with Crippen molar-refractivity contribution in [3.05, 3.63) is 65.2 Å². The summed E-state index contributed by atoms with van der Waals surface area (Å²) in [5, 5.41) is 0. The van der Waals surface area contributed by atoms with E-state index in [4.69, 9.17) is 4.74 Å². The van der Waals surface area contributed by atoms with Gasteiger partial charge >= 0.3 is 0 Å². The van der Waals surface area contributed by atoms with E-state index in [1.807, 2.05) is 48.3 Å². The number of carbonyl (C=O) groups is 1. The summed E-state index contributed by atoms with van der Waals surface area (Å²) >= 11 is 0. The number of hydrogen-bond acceptors (Lipinski definition) is 3. The molecule has 0 amide bonds. The fraction of sp³-hybridized carbons (Fsp3) is 0.278. The Bertz CT molecular complexity index is 622. The third-order valence-electron chi connectivity index (χ3n) is 3.52. The summed E-state index contributed by atoms with van der Waals surface area (Å²) in [7, 11) is 3.54. The van der Waals surface area contributed by atoms with Crippen molar-refractivity contribution < 1.29 is 9.53 Å². The van der Waals surface area contributed by atoms with Crippen LogP contribution in [-0.2, 0) is 6.54 Å². The van der Waals surface area contributed by atoms with E-state index in [1.165, 1.54) is 11.1 Å². The topological polar surface area (TPSA) is 29.5 Å². The Labute approximate surface area is 126 Å². The van der Waals surface area contributed by atoms with Crippen LogP contribution in [0, 0.1) is 6.92 Å². The summed E-state index contributed by atoms with van der Waals surface area (Å²) in [6.45, 7) is 3.22. The molecule has 2 aromatic rings. The van der Waals surface area contributed by atoms with E-state index in [0.29, 0.717) is 17.9 Å². The number of benzene rings is 2. The maximum Gasteiger partial charge on any atom is 0.180 e. The second-order valence-corrected chi connectivity index (χ2v) is 5.22. The number of likely N-dealkylation sites (N-methyl/N-ethyl adjacent to an activating group) is 1. The van der Waals surface area contributed by atoms with Crippen LogP contribution in [0.25, 0.3) is 0 Å². The summed E-state index contributed by atoms with van der Waals surface area (Å²) in [6, 6.07) is 15.6. The molecule has 0 fully saturated rings. The molecule has 0 spiro atoms. The van der Waals surface area contributed by atoms with Gasteiger partial charge in [-0.15, -0.1) is 0 Å². The molecule has 0 aliphatic heterocycles. The minimum atomic E-state index is 0.0727. The highest BCUT2D eigenvalue weighted by Gasteiger charge is 2.14. The van der Waals surface area contributed by atoms with Gasteiger partial charge in [0.25, 0.3) is 0 Å². The van der Waals surface area contributed by atoms with Crippen molar-refractivity contribution in [2.45, 2.75) is 13.5 Å². The average molecular weight is 283 g/mol. The van der Waals surface area contributed by atoms with Crippen LogP contribution >= 0.6 is 0 Å². The fourth-order valence-corrected chi connectivity index (χ4v) is 2.34. The van der Waals surface area contributed by atoms with Gasteiger partial charge in [-0.25, -0.2) is 0 Å². The summed E-state index contributed by atoms with van der Waals surface area (Å²) in [6.07, 6.45) is 0. The normalized spacial score (nSPS) is 10.7. The first kappa shape index (κ1) is 15.3. The van der Waals surface area contributed by atoms with Crippen LogP contribution in [0.3, 0.4) is 0 Å². The van der Waals surface area contributed by atoms with Crippen LogP contribution in [0.5, 0.6) is 5.75 Å². The minimum Gasteiger partial charge on any atom is -0.496 e. The molecule has 0 radical (unpaired) electrons. The van der Waals surface area contributed by atoms with Gasteiger partial charge in [0.1, 0.15) is 5.75 Å². The number of rotatable bonds is 6. The molecule has 21 heavy (non-hydrogen) atoms. The maximum atomic E-state index is 12.4. The first-order chi connectivity index (χ1) is 10.1. The third-order valence-corrected chi connectivity index (χ3v) is 3.52. The number of carbonyl (C=O) groups excluding carboxylic acids is 1. The maximum absolute atomic E-state index is 12.4. The SMILES string of the molecule is COc1ccccc1C(=O)CN(C)Cc1ccccc1C. The lowest BCUT2D eigenvalue weighted by molar-refractivity contribution is 0.0940. The van der Waals surface area contributed by atoms with Crippen molar-refractivity contribution in [2.75, 3.05) is 20.7 Å². The van der Waals surface area contributed by atoms with Gasteiger partial charge in [0, 0.05) is 6.54 Å². The molecule has 0 bridgehead atoms. The Morgan fingerprint density at radius 2 is 1.76 bits per heavy atom. The third kappa shape index (κ3) is 3.92. The zero-order valence-corrected chi connectivity index (χ0v) is 12.8. The number of methoxy groups -OCH3 is 1. The van der Waals surface area contributed by atoms with Crippen LogP contribution in [0.2, 0.25) is 0 Å². The summed E-state index contributed by atoms with van der Waals surface area (Å²) in [5.74, 6) is 0.704. The number of ketones is 1. The van der Waals surface area contributed by atoms with Gasteiger partial charge in [0.05, 0.1) is 19.2 Å². The van der Waals surface area contributed by atoms with Gasteiger partial charge in [0.2, 0.25) is 0 Å². The number of aryl methyl sites for hydroxylation is 1. The smallest absolute Gasteiger partial charge is 0.180 e. The highest BCUT2D eigenvalue weighted by Crippen LogP contribution is 2.18. The van der Waals surface area contributed by atoms with E-state index in [9.17, 15) is 4.79 Å². The van der Waals surface area contributed by atoms with Gasteiger partial charge in [-0.2, -0.15) is 0 Å². The first-order valence-corrected chi connectivity index (χ1v) is 7.01. The van der Waals surface area contributed by atoms with Gasteiger partial charge < -0.3 is 4.74 Å². The van der Waals surface area contributed by atoms with Gasteiger partial charge in [0.15, 0.2) is 5.78 Å². The molecule has 0 aliphatic carbocycles. The molecule has 2 aromatic carbocycles. The largest absolute Gasteiger partial charge is 0.496 e. The van der Waals surface area contributed by atoms with Gasteiger partial charge in [-0.05, 0) is 37.2 Å². The zero-order valence-electron chi connectivity index (χ0n) is 12.8. The zero-order chi connectivity index (χ0) is 15.2. The minimum absolute atomic E-state index is 0.0727. The Balaban J connectivity index is 2.04. The van der Waals surface area contributed by atoms with Crippen LogP contribution < -0.4 is 4.74 Å². The summed E-state index contributed by atoms with van der Waals surface area (Å²) < 4.78 is 5.25. The molecular formula is C18H21NO2. The van der Waals surface area contributed by atoms with Crippen molar-refractivity contribution in [2.24, 2.45) is 0 Å². The summed E-state index contributed by atoms with van der Waals surface area (Å²) in [4.78, 5) is 14.4. The van der Waals surface area contributed by atoms with Crippen LogP contribution in [-0.4, -0.2) is 31.4 Å². The Hall–Kier alpha value is -2.13. The van der Waals surface area contributed by atoms with Gasteiger partial charge in [-0.3, -0.25) is 9.69 Å². The van der Waals surface area contributed by atoms with E-state index in [0.717, 1.165) is 6.54 Å².